The van der Waals surface area contributed by atoms with E-state index in [0.29, 0.717) is 15.6 Å². The maximum atomic E-state index is 13.7. The van der Waals surface area contributed by atoms with Crippen molar-refractivity contribution in [2.75, 3.05) is 17.1 Å². The van der Waals surface area contributed by atoms with Crippen molar-refractivity contribution in [2.45, 2.75) is 64.1 Å². The van der Waals surface area contributed by atoms with Crippen LogP contribution in [0.2, 0.25) is 10.0 Å². The maximum absolute atomic E-state index is 13.7. The predicted octanol–water partition coefficient (Wildman–Crippen LogP) is 5.29. The number of halogens is 4. The molecule has 208 valence electrons. The minimum absolute atomic E-state index is 0.0183. The summed E-state index contributed by atoms with van der Waals surface area (Å²) in [6.45, 7) is 1.45. The lowest BCUT2D eigenvalue weighted by Gasteiger charge is -2.30. The molecule has 2 aromatic rings. The first-order chi connectivity index (χ1) is 17.9. The monoisotopic (exact) mass is 589 g/mol. The molecule has 1 aliphatic rings. The van der Waals surface area contributed by atoms with Gasteiger partial charge in [0.2, 0.25) is 21.8 Å². The molecule has 7 nitrogen and oxygen atoms in total. The molecule has 1 unspecified atom stereocenters. The van der Waals surface area contributed by atoms with E-state index in [-0.39, 0.29) is 43.6 Å². The predicted molar refractivity (Wildman–Crippen MR) is 145 cm³/mol. The summed E-state index contributed by atoms with van der Waals surface area (Å²) in [6, 6.07) is 6.96. The lowest BCUT2D eigenvalue weighted by atomic mass is 10.1. The van der Waals surface area contributed by atoms with E-state index in [1.807, 2.05) is 0 Å². The molecule has 38 heavy (non-hydrogen) atoms. The summed E-state index contributed by atoms with van der Waals surface area (Å²) in [5, 5.41) is 3.70. The van der Waals surface area contributed by atoms with Crippen molar-refractivity contribution in [3.8, 4) is 0 Å². The molecular weight excluding hydrogens is 559 g/mol. The Labute approximate surface area is 232 Å². The van der Waals surface area contributed by atoms with Gasteiger partial charge < -0.3 is 10.2 Å². The minimum atomic E-state index is -3.85. The Balaban J connectivity index is 1.77. The third kappa shape index (κ3) is 7.80. The fourth-order valence-electron chi connectivity index (χ4n) is 4.47. The Morgan fingerprint density at radius 1 is 1.08 bits per heavy atom. The van der Waals surface area contributed by atoms with Gasteiger partial charge in [0.1, 0.15) is 6.04 Å². The Kier molecular flexibility index (Phi) is 10.4. The standard InChI is InChI=1S/C26H31Cl2F2N3O4S/c1-17(26(35)31-18-7-3-4-8-18)32(16-20-21(27)9-5-10-22(20)28)25(34)11-6-14-33(38(2,36)37)19-12-13-23(29)24(30)15-19/h5,9-10,12-13,15,17-18H,3-4,6-8,11,14,16H2,1-2H3,(H,31,35). The van der Waals surface area contributed by atoms with Crippen molar-refractivity contribution in [1.82, 2.24) is 10.2 Å². The Hall–Kier alpha value is -2.43. The Morgan fingerprint density at radius 2 is 1.71 bits per heavy atom. The minimum Gasteiger partial charge on any atom is -0.352 e. The molecule has 2 amide bonds. The zero-order chi connectivity index (χ0) is 28.0. The first-order valence-corrected chi connectivity index (χ1v) is 14.9. The van der Waals surface area contributed by atoms with E-state index in [9.17, 15) is 26.8 Å². The highest BCUT2D eigenvalue weighted by Gasteiger charge is 2.29. The van der Waals surface area contributed by atoms with Crippen LogP contribution in [0.3, 0.4) is 0 Å². The summed E-state index contributed by atoms with van der Waals surface area (Å²) in [5.41, 5.74) is 0.437. The summed E-state index contributed by atoms with van der Waals surface area (Å²) in [4.78, 5) is 27.8. The molecule has 1 fully saturated rings. The second-order valence-corrected chi connectivity index (χ2v) is 12.1. The lowest BCUT2D eigenvalue weighted by molar-refractivity contribution is -0.140. The van der Waals surface area contributed by atoms with Gasteiger partial charge >= 0.3 is 0 Å². The normalized spacial score (nSPS) is 14.8. The van der Waals surface area contributed by atoms with Crippen LogP contribution < -0.4 is 9.62 Å². The SMILES string of the molecule is CC(C(=O)NC1CCCC1)N(Cc1c(Cl)cccc1Cl)C(=O)CCCN(c1ccc(F)c(F)c1)S(C)(=O)=O. The zero-order valence-electron chi connectivity index (χ0n) is 21.2. The van der Waals surface area contributed by atoms with Crippen LogP contribution in [0.15, 0.2) is 36.4 Å². The zero-order valence-corrected chi connectivity index (χ0v) is 23.6. The van der Waals surface area contributed by atoms with Crippen LogP contribution in [0.25, 0.3) is 0 Å². The van der Waals surface area contributed by atoms with E-state index < -0.39 is 33.6 Å². The fraction of sp³-hybridized carbons (Fsp3) is 0.462. The average molecular weight is 591 g/mol. The van der Waals surface area contributed by atoms with Gasteiger partial charge in [0.15, 0.2) is 11.6 Å². The number of sulfonamides is 1. The molecule has 0 aliphatic heterocycles. The highest BCUT2D eigenvalue weighted by molar-refractivity contribution is 7.92. The van der Waals surface area contributed by atoms with Crippen molar-refractivity contribution in [3.05, 3.63) is 63.6 Å². The van der Waals surface area contributed by atoms with Crippen molar-refractivity contribution in [3.63, 3.8) is 0 Å². The van der Waals surface area contributed by atoms with E-state index in [4.69, 9.17) is 23.2 Å². The van der Waals surface area contributed by atoms with E-state index in [2.05, 4.69) is 5.32 Å². The number of nitrogens with one attached hydrogen (secondary N) is 1. The van der Waals surface area contributed by atoms with Crippen molar-refractivity contribution in [2.24, 2.45) is 0 Å². The van der Waals surface area contributed by atoms with Crippen molar-refractivity contribution < 1.29 is 26.8 Å². The molecule has 0 saturated heterocycles. The van der Waals surface area contributed by atoms with E-state index in [1.165, 1.54) is 4.90 Å². The molecule has 0 radical (unpaired) electrons. The second-order valence-electron chi connectivity index (χ2n) is 9.42. The van der Waals surface area contributed by atoms with Gasteiger partial charge in [-0.1, -0.05) is 42.1 Å². The maximum Gasteiger partial charge on any atom is 0.242 e. The van der Waals surface area contributed by atoms with E-state index >= 15 is 0 Å². The number of nitrogens with zero attached hydrogens (tertiary/aromatic N) is 2. The number of rotatable bonds is 11. The molecular formula is C26H31Cl2F2N3O4S. The van der Waals surface area contributed by atoms with Crippen LogP contribution in [0.4, 0.5) is 14.5 Å². The highest BCUT2D eigenvalue weighted by atomic mass is 35.5. The van der Waals surface area contributed by atoms with E-state index in [1.54, 1.807) is 25.1 Å². The van der Waals surface area contributed by atoms with Crippen molar-refractivity contribution in [1.29, 1.82) is 0 Å². The van der Waals surface area contributed by atoms with Crippen molar-refractivity contribution >= 4 is 50.7 Å². The number of hydrogen-bond donors (Lipinski definition) is 1. The van der Waals surface area contributed by atoms with Crippen LogP contribution in [0.5, 0.6) is 0 Å². The number of anilines is 1. The van der Waals surface area contributed by atoms with Crippen LogP contribution in [-0.4, -0.2) is 50.0 Å². The molecule has 2 aromatic carbocycles. The highest BCUT2D eigenvalue weighted by Crippen LogP contribution is 2.27. The third-order valence-electron chi connectivity index (χ3n) is 6.60. The van der Waals surface area contributed by atoms with Crippen LogP contribution in [0.1, 0.15) is 51.0 Å². The van der Waals surface area contributed by atoms with Gasteiger partial charge in [0.25, 0.3) is 0 Å². The van der Waals surface area contributed by atoms with Gasteiger partial charge in [0, 0.05) is 47.2 Å². The molecule has 0 heterocycles. The Morgan fingerprint density at radius 3 is 2.29 bits per heavy atom. The third-order valence-corrected chi connectivity index (χ3v) is 8.50. The van der Waals surface area contributed by atoms with Gasteiger partial charge in [-0.3, -0.25) is 13.9 Å². The summed E-state index contributed by atoms with van der Waals surface area (Å²) in [5.74, 6) is -2.99. The molecule has 1 aliphatic carbocycles. The summed E-state index contributed by atoms with van der Waals surface area (Å²) in [6.07, 6.45) is 4.73. The second kappa shape index (κ2) is 13.1. The molecule has 0 aromatic heterocycles. The van der Waals surface area contributed by atoms with Gasteiger partial charge in [-0.05, 0) is 50.5 Å². The number of carbonyl (C=O) groups is 2. The Bertz CT molecular complexity index is 1250. The first-order valence-electron chi connectivity index (χ1n) is 12.3. The van der Waals surface area contributed by atoms with Gasteiger partial charge in [-0.25, -0.2) is 17.2 Å². The molecule has 3 rings (SSSR count). The van der Waals surface area contributed by atoms with Gasteiger partial charge in [0.05, 0.1) is 11.9 Å². The molecule has 1 atom stereocenters. The summed E-state index contributed by atoms with van der Waals surface area (Å²) < 4.78 is 52.7. The number of amides is 2. The first kappa shape index (κ1) is 30.1. The topological polar surface area (TPSA) is 86.8 Å². The fourth-order valence-corrected chi connectivity index (χ4v) is 5.95. The molecule has 1 N–H and O–H groups in total. The number of carbonyl (C=O) groups excluding carboxylic acids is 2. The van der Waals surface area contributed by atoms with Crippen LogP contribution in [-0.2, 0) is 26.2 Å². The van der Waals surface area contributed by atoms with E-state index in [0.717, 1.165) is 54.4 Å². The quantitative estimate of drug-likeness (QED) is 0.385. The number of hydrogen-bond acceptors (Lipinski definition) is 4. The summed E-state index contributed by atoms with van der Waals surface area (Å²) >= 11 is 12.7. The lowest BCUT2D eigenvalue weighted by Crippen LogP contribution is -2.49. The average Bonchev–Trinajstić information content (AvgIpc) is 3.35. The smallest absolute Gasteiger partial charge is 0.242 e. The largest absolute Gasteiger partial charge is 0.352 e. The van der Waals surface area contributed by atoms with Gasteiger partial charge in [-0.2, -0.15) is 0 Å². The molecule has 0 spiro atoms. The molecule has 0 bridgehead atoms. The van der Waals surface area contributed by atoms with Crippen LogP contribution >= 0.6 is 23.2 Å². The van der Waals surface area contributed by atoms with Crippen LogP contribution in [0, 0.1) is 11.6 Å². The van der Waals surface area contributed by atoms with Gasteiger partial charge in [-0.15, -0.1) is 0 Å². The molecule has 12 heteroatoms. The summed E-state index contributed by atoms with van der Waals surface area (Å²) in [7, 11) is -3.85. The molecule has 1 saturated carbocycles. The number of benzene rings is 2.